The lowest BCUT2D eigenvalue weighted by Crippen LogP contribution is -2.17. The number of hydrogen-bond acceptors (Lipinski definition) is 5. The largest absolute Gasteiger partial charge is 0.465 e. The molecular weight excluding hydrogens is 270 g/mol. The fourth-order valence-electron chi connectivity index (χ4n) is 2.08. The second-order valence-corrected chi connectivity index (χ2v) is 4.88. The van der Waals surface area contributed by atoms with Crippen LogP contribution in [0, 0.1) is 6.92 Å². The predicted molar refractivity (Wildman–Crippen MR) is 82.1 cm³/mol. The molecule has 0 aliphatic heterocycles. The lowest BCUT2D eigenvalue weighted by atomic mass is 9.96. The Morgan fingerprint density at radius 3 is 1.95 bits per heavy atom. The monoisotopic (exact) mass is 291 g/mol. The number of aryl methyl sites for hydroxylation is 1. The van der Waals surface area contributed by atoms with Gasteiger partial charge in [0, 0.05) is 19.8 Å². The summed E-state index contributed by atoms with van der Waals surface area (Å²) in [7, 11) is 6.37. The molecule has 0 bridgehead atoms. The number of methoxy groups -OCH3 is 2. The predicted octanol–water partition coefficient (Wildman–Crippen LogP) is 2.18. The molecule has 0 aromatic heterocycles. The van der Waals surface area contributed by atoms with Gasteiger partial charge in [-0.05, 0) is 42.7 Å². The molecule has 0 saturated heterocycles. The Labute approximate surface area is 125 Å². The summed E-state index contributed by atoms with van der Waals surface area (Å²) in [5, 5.41) is 0. The molecule has 0 fully saturated rings. The molecule has 1 aromatic rings. The van der Waals surface area contributed by atoms with E-state index < -0.39 is 11.9 Å². The minimum Gasteiger partial charge on any atom is -0.465 e. The summed E-state index contributed by atoms with van der Waals surface area (Å²) in [5.74, 6) is -1.40. The first kappa shape index (κ1) is 16.8. The molecule has 0 amide bonds. The van der Waals surface area contributed by atoms with Gasteiger partial charge in [-0.25, -0.2) is 9.59 Å². The first-order valence-electron chi connectivity index (χ1n) is 6.49. The lowest BCUT2D eigenvalue weighted by Gasteiger charge is -2.16. The second kappa shape index (κ2) is 6.92. The van der Waals surface area contributed by atoms with Gasteiger partial charge in [0.15, 0.2) is 0 Å². The van der Waals surface area contributed by atoms with Gasteiger partial charge in [-0.1, -0.05) is 6.07 Å². The number of rotatable bonds is 4. The Balaban J connectivity index is 3.43. The van der Waals surface area contributed by atoms with E-state index in [4.69, 9.17) is 0 Å². The number of carbonyl (C=O) groups is 2. The molecule has 5 nitrogen and oxygen atoms in total. The number of anilines is 1. The maximum absolute atomic E-state index is 11.8. The van der Waals surface area contributed by atoms with Gasteiger partial charge in [0.05, 0.1) is 14.2 Å². The molecule has 0 aliphatic rings. The van der Waals surface area contributed by atoms with Crippen molar-refractivity contribution in [1.82, 2.24) is 0 Å². The maximum atomic E-state index is 11.8. The van der Waals surface area contributed by atoms with E-state index in [0.29, 0.717) is 5.57 Å². The Kier molecular flexibility index (Phi) is 5.52. The molecule has 0 heterocycles. The molecule has 0 N–H and O–H groups in total. The van der Waals surface area contributed by atoms with E-state index in [0.717, 1.165) is 16.8 Å². The fraction of sp³-hybridized carbons (Fsp3) is 0.375. The van der Waals surface area contributed by atoms with Crippen LogP contribution >= 0.6 is 0 Å². The van der Waals surface area contributed by atoms with E-state index >= 15 is 0 Å². The number of esters is 2. The minimum atomic E-state index is -0.699. The van der Waals surface area contributed by atoms with Crippen molar-refractivity contribution in [3.63, 3.8) is 0 Å². The molecule has 21 heavy (non-hydrogen) atoms. The van der Waals surface area contributed by atoms with Crippen molar-refractivity contribution in [1.29, 1.82) is 0 Å². The van der Waals surface area contributed by atoms with Crippen LogP contribution in [0.2, 0.25) is 0 Å². The van der Waals surface area contributed by atoms with Gasteiger partial charge in [0.1, 0.15) is 5.57 Å². The summed E-state index contributed by atoms with van der Waals surface area (Å²) >= 11 is 0. The Bertz CT molecular complexity index is 570. The van der Waals surface area contributed by atoms with Crippen LogP contribution in [0.15, 0.2) is 23.8 Å². The number of nitrogens with zero attached hydrogens (tertiary/aromatic N) is 1. The molecule has 5 heteroatoms. The SMILES string of the molecule is COC(=O)C(C(=O)OC)=C(C)c1ccc(N(C)C)cc1C. The van der Waals surface area contributed by atoms with Gasteiger partial charge in [0.2, 0.25) is 0 Å². The van der Waals surface area contributed by atoms with Gasteiger partial charge in [-0.3, -0.25) is 0 Å². The second-order valence-electron chi connectivity index (χ2n) is 4.88. The van der Waals surface area contributed by atoms with Crippen molar-refractivity contribution in [2.75, 3.05) is 33.2 Å². The summed E-state index contributed by atoms with van der Waals surface area (Å²) in [4.78, 5) is 25.6. The van der Waals surface area contributed by atoms with Crippen molar-refractivity contribution >= 4 is 23.2 Å². The van der Waals surface area contributed by atoms with Crippen LogP contribution in [-0.4, -0.2) is 40.3 Å². The van der Waals surface area contributed by atoms with E-state index in [2.05, 4.69) is 9.47 Å². The van der Waals surface area contributed by atoms with Crippen molar-refractivity contribution in [3.05, 3.63) is 34.9 Å². The van der Waals surface area contributed by atoms with E-state index in [1.54, 1.807) is 6.92 Å². The average Bonchev–Trinajstić information content (AvgIpc) is 2.46. The summed E-state index contributed by atoms with van der Waals surface area (Å²) in [6.45, 7) is 3.64. The Morgan fingerprint density at radius 2 is 1.57 bits per heavy atom. The average molecular weight is 291 g/mol. The molecule has 0 saturated carbocycles. The first-order valence-corrected chi connectivity index (χ1v) is 6.49. The number of allylic oxidation sites excluding steroid dienone is 1. The highest BCUT2D eigenvalue weighted by Gasteiger charge is 2.24. The molecule has 1 rings (SSSR count). The topological polar surface area (TPSA) is 55.8 Å². The Hall–Kier alpha value is -2.30. The molecule has 114 valence electrons. The third kappa shape index (κ3) is 3.62. The highest BCUT2D eigenvalue weighted by molar-refractivity contribution is 6.19. The van der Waals surface area contributed by atoms with Crippen LogP contribution in [0.25, 0.3) is 5.57 Å². The van der Waals surface area contributed by atoms with Crippen LogP contribution < -0.4 is 4.90 Å². The van der Waals surface area contributed by atoms with Crippen molar-refractivity contribution < 1.29 is 19.1 Å². The zero-order valence-electron chi connectivity index (χ0n) is 13.3. The molecule has 0 atom stereocenters. The third-order valence-corrected chi connectivity index (χ3v) is 3.28. The highest BCUT2D eigenvalue weighted by atomic mass is 16.5. The van der Waals surface area contributed by atoms with Crippen LogP contribution in [0.4, 0.5) is 5.69 Å². The van der Waals surface area contributed by atoms with Crippen molar-refractivity contribution in [3.8, 4) is 0 Å². The van der Waals surface area contributed by atoms with E-state index in [-0.39, 0.29) is 5.57 Å². The third-order valence-electron chi connectivity index (χ3n) is 3.28. The molecule has 0 spiro atoms. The fourth-order valence-corrected chi connectivity index (χ4v) is 2.08. The minimum absolute atomic E-state index is 0.0827. The molecule has 1 aromatic carbocycles. The number of carbonyl (C=O) groups excluding carboxylic acids is 2. The van der Waals surface area contributed by atoms with Gasteiger partial charge >= 0.3 is 11.9 Å². The standard InChI is InChI=1S/C16H21NO4/c1-10-9-12(17(3)4)7-8-13(10)11(2)14(15(18)20-5)16(19)21-6/h7-9H,1-6H3. The summed E-state index contributed by atoms with van der Waals surface area (Å²) < 4.78 is 9.35. The number of hydrogen-bond donors (Lipinski definition) is 0. The van der Waals surface area contributed by atoms with E-state index in [9.17, 15) is 9.59 Å². The summed E-state index contributed by atoms with van der Waals surface area (Å²) in [6, 6.07) is 5.80. The Morgan fingerprint density at radius 1 is 1.05 bits per heavy atom. The summed E-state index contributed by atoms with van der Waals surface area (Å²) in [6.07, 6.45) is 0. The van der Waals surface area contributed by atoms with E-state index in [1.165, 1.54) is 14.2 Å². The van der Waals surface area contributed by atoms with Crippen LogP contribution in [0.3, 0.4) is 0 Å². The van der Waals surface area contributed by atoms with Crippen LogP contribution in [0.5, 0.6) is 0 Å². The maximum Gasteiger partial charge on any atom is 0.345 e. The molecule has 0 radical (unpaired) electrons. The quantitative estimate of drug-likeness (QED) is 0.368. The van der Waals surface area contributed by atoms with Crippen LogP contribution in [0.1, 0.15) is 18.1 Å². The van der Waals surface area contributed by atoms with Crippen molar-refractivity contribution in [2.24, 2.45) is 0 Å². The molecule has 0 aliphatic carbocycles. The van der Waals surface area contributed by atoms with E-state index in [1.807, 2.05) is 44.1 Å². The number of ether oxygens (including phenoxy) is 2. The smallest absolute Gasteiger partial charge is 0.345 e. The van der Waals surface area contributed by atoms with Gasteiger partial charge in [-0.15, -0.1) is 0 Å². The van der Waals surface area contributed by atoms with Crippen molar-refractivity contribution in [2.45, 2.75) is 13.8 Å². The first-order chi connectivity index (χ1) is 9.83. The van der Waals surface area contributed by atoms with Gasteiger partial charge < -0.3 is 14.4 Å². The zero-order valence-corrected chi connectivity index (χ0v) is 13.3. The van der Waals surface area contributed by atoms with Gasteiger partial charge in [0.25, 0.3) is 0 Å². The normalized spacial score (nSPS) is 9.81. The molecule has 0 unspecified atom stereocenters. The lowest BCUT2D eigenvalue weighted by molar-refractivity contribution is -0.143. The zero-order chi connectivity index (χ0) is 16.2. The highest BCUT2D eigenvalue weighted by Crippen LogP contribution is 2.26. The van der Waals surface area contributed by atoms with Crippen LogP contribution in [-0.2, 0) is 19.1 Å². The summed E-state index contributed by atoms with van der Waals surface area (Å²) in [5.41, 5.74) is 3.27. The van der Waals surface area contributed by atoms with Gasteiger partial charge in [-0.2, -0.15) is 0 Å². The number of benzene rings is 1. The molecular formula is C16H21NO4.